The Hall–Kier alpha value is -1.84. The lowest BCUT2D eigenvalue weighted by atomic mass is 10.0. The molecule has 1 fully saturated rings. The van der Waals surface area contributed by atoms with Crippen molar-refractivity contribution in [1.29, 1.82) is 0 Å². The number of carbonyl (C=O) groups excluding carboxylic acids is 2. The highest BCUT2D eigenvalue weighted by molar-refractivity contribution is 5.99. The van der Waals surface area contributed by atoms with Gasteiger partial charge in [-0.05, 0) is 31.0 Å². The summed E-state index contributed by atoms with van der Waals surface area (Å²) < 4.78 is 0. The Bertz CT molecular complexity index is 516. The van der Waals surface area contributed by atoms with Gasteiger partial charge in [0.2, 0.25) is 5.91 Å². The van der Waals surface area contributed by atoms with E-state index in [-0.39, 0.29) is 5.91 Å². The molecule has 126 valence electrons. The molecule has 1 aromatic carbocycles. The van der Waals surface area contributed by atoms with Crippen LogP contribution in [-0.4, -0.2) is 29.8 Å². The van der Waals surface area contributed by atoms with Crippen LogP contribution in [0.15, 0.2) is 24.3 Å². The van der Waals surface area contributed by atoms with Gasteiger partial charge in [0, 0.05) is 24.2 Å². The highest BCUT2D eigenvalue weighted by Crippen LogP contribution is 2.15. The molecule has 1 heterocycles. The molecule has 0 atom stereocenters. The van der Waals surface area contributed by atoms with E-state index in [4.69, 9.17) is 5.73 Å². The molecule has 1 aromatic rings. The molecule has 0 radical (unpaired) electrons. The summed E-state index contributed by atoms with van der Waals surface area (Å²) in [6.45, 7) is 1.61. The fourth-order valence-corrected chi connectivity index (χ4v) is 3.15. The normalized spacial score (nSPS) is 17.8. The Kier molecular flexibility index (Phi) is 7.11. The number of primary amides is 1. The van der Waals surface area contributed by atoms with E-state index < -0.39 is 5.91 Å². The fraction of sp³-hybridized carbons (Fsp3) is 0.579. The molecule has 4 heteroatoms. The third-order valence-electron chi connectivity index (χ3n) is 4.54. The molecule has 0 bridgehead atoms. The maximum absolute atomic E-state index is 12.8. The molecular formula is C19H28N2O2. The van der Waals surface area contributed by atoms with Crippen LogP contribution in [0.2, 0.25) is 0 Å². The summed E-state index contributed by atoms with van der Waals surface area (Å²) >= 11 is 0. The minimum absolute atomic E-state index is 0.0187. The van der Waals surface area contributed by atoms with Crippen LogP contribution in [0.3, 0.4) is 0 Å². The van der Waals surface area contributed by atoms with Crippen molar-refractivity contribution in [3.8, 4) is 0 Å². The van der Waals surface area contributed by atoms with Crippen molar-refractivity contribution in [2.75, 3.05) is 13.1 Å². The molecule has 2 rings (SSSR count). The summed E-state index contributed by atoms with van der Waals surface area (Å²) in [5.41, 5.74) is 6.27. The van der Waals surface area contributed by atoms with E-state index in [1.165, 1.54) is 44.9 Å². The molecule has 1 aliphatic heterocycles. The molecule has 1 saturated heterocycles. The van der Waals surface area contributed by atoms with Crippen molar-refractivity contribution in [2.24, 2.45) is 5.73 Å². The van der Waals surface area contributed by atoms with Gasteiger partial charge < -0.3 is 10.6 Å². The van der Waals surface area contributed by atoms with Crippen LogP contribution in [0.25, 0.3) is 0 Å². The van der Waals surface area contributed by atoms with E-state index >= 15 is 0 Å². The first-order valence-corrected chi connectivity index (χ1v) is 8.87. The Balaban J connectivity index is 2.03. The monoisotopic (exact) mass is 316 g/mol. The molecule has 23 heavy (non-hydrogen) atoms. The van der Waals surface area contributed by atoms with Crippen LogP contribution in [-0.2, 0) is 0 Å². The molecule has 0 aromatic heterocycles. The maximum atomic E-state index is 12.8. The van der Waals surface area contributed by atoms with E-state index in [2.05, 4.69) is 0 Å². The quantitative estimate of drug-likeness (QED) is 0.903. The second-order valence-electron chi connectivity index (χ2n) is 6.42. The van der Waals surface area contributed by atoms with Crippen molar-refractivity contribution >= 4 is 11.8 Å². The standard InChI is InChI=1S/C19H28N2O2/c20-18(22)16-11-10-12-17(15-16)19(23)21-13-8-6-4-2-1-3-5-7-9-14-21/h10-12,15H,1-9,13-14H2,(H2,20,22). The summed E-state index contributed by atoms with van der Waals surface area (Å²) in [6, 6.07) is 6.75. The van der Waals surface area contributed by atoms with Crippen LogP contribution in [0, 0.1) is 0 Å². The predicted octanol–water partition coefficient (Wildman–Crippen LogP) is 3.75. The van der Waals surface area contributed by atoms with Crippen molar-refractivity contribution in [3.05, 3.63) is 35.4 Å². The van der Waals surface area contributed by atoms with Crippen LogP contribution in [0.4, 0.5) is 0 Å². The Morgan fingerprint density at radius 2 is 1.26 bits per heavy atom. The summed E-state index contributed by atoms with van der Waals surface area (Å²) in [5.74, 6) is -0.474. The van der Waals surface area contributed by atoms with Gasteiger partial charge in [-0.15, -0.1) is 0 Å². The number of nitrogens with two attached hydrogens (primary N) is 1. The number of hydrogen-bond donors (Lipinski definition) is 1. The SMILES string of the molecule is NC(=O)c1cccc(C(=O)N2CCCCCCCCCCC2)c1. The Labute approximate surface area is 139 Å². The first kappa shape index (κ1) is 17.5. The molecule has 0 saturated carbocycles. The number of amides is 2. The lowest BCUT2D eigenvalue weighted by Crippen LogP contribution is -2.33. The number of nitrogens with zero attached hydrogens (tertiary/aromatic N) is 1. The first-order valence-electron chi connectivity index (χ1n) is 8.87. The largest absolute Gasteiger partial charge is 0.366 e. The van der Waals surface area contributed by atoms with E-state index in [9.17, 15) is 9.59 Å². The van der Waals surface area contributed by atoms with Gasteiger partial charge in [0.05, 0.1) is 0 Å². The van der Waals surface area contributed by atoms with Crippen LogP contribution < -0.4 is 5.73 Å². The van der Waals surface area contributed by atoms with E-state index in [0.29, 0.717) is 11.1 Å². The van der Waals surface area contributed by atoms with Crippen molar-refractivity contribution in [1.82, 2.24) is 4.90 Å². The van der Waals surface area contributed by atoms with Gasteiger partial charge in [-0.25, -0.2) is 0 Å². The molecule has 4 nitrogen and oxygen atoms in total. The molecule has 2 amide bonds. The van der Waals surface area contributed by atoms with Gasteiger partial charge in [0.25, 0.3) is 5.91 Å². The second-order valence-corrected chi connectivity index (χ2v) is 6.42. The average molecular weight is 316 g/mol. The predicted molar refractivity (Wildman–Crippen MR) is 92.4 cm³/mol. The highest BCUT2D eigenvalue weighted by Gasteiger charge is 2.16. The Morgan fingerprint density at radius 3 is 1.78 bits per heavy atom. The molecule has 0 spiro atoms. The van der Waals surface area contributed by atoms with Crippen molar-refractivity contribution in [2.45, 2.75) is 57.8 Å². The third kappa shape index (κ3) is 5.70. The summed E-state index contributed by atoms with van der Waals surface area (Å²) in [5, 5.41) is 0. The number of benzene rings is 1. The van der Waals surface area contributed by atoms with Crippen LogP contribution in [0.1, 0.15) is 78.5 Å². The second kappa shape index (κ2) is 9.33. The smallest absolute Gasteiger partial charge is 0.253 e. The van der Waals surface area contributed by atoms with Gasteiger partial charge in [-0.1, -0.05) is 51.0 Å². The summed E-state index contributed by atoms with van der Waals surface area (Å²) in [4.78, 5) is 26.0. The zero-order valence-electron chi connectivity index (χ0n) is 13.9. The van der Waals surface area contributed by atoms with Crippen LogP contribution >= 0.6 is 0 Å². The van der Waals surface area contributed by atoms with Crippen molar-refractivity contribution < 1.29 is 9.59 Å². The maximum Gasteiger partial charge on any atom is 0.253 e. The van der Waals surface area contributed by atoms with E-state index in [1.54, 1.807) is 24.3 Å². The molecule has 2 N–H and O–H groups in total. The molecule has 1 aliphatic rings. The minimum atomic E-state index is -0.492. The van der Waals surface area contributed by atoms with Gasteiger partial charge in [0.15, 0.2) is 0 Å². The van der Waals surface area contributed by atoms with Gasteiger partial charge in [-0.3, -0.25) is 9.59 Å². The average Bonchev–Trinajstić information content (AvgIpc) is 2.55. The Morgan fingerprint density at radius 1 is 0.783 bits per heavy atom. The lowest BCUT2D eigenvalue weighted by Gasteiger charge is -2.23. The zero-order valence-corrected chi connectivity index (χ0v) is 13.9. The topological polar surface area (TPSA) is 63.4 Å². The number of carbonyl (C=O) groups is 2. The highest BCUT2D eigenvalue weighted by atomic mass is 16.2. The van der Waals surface area contributed by atoms with E-state index in [1.807, 2.05) is 4.90 Å². The summed E-state index contributed by atoms with van der Waals surface area (Å²) in [6.07, 6.45) is 11.0. The lowest BCUT2D eigenvalue weighted by molar-refractivity contribution is 0.0748. The van der Waals surface area contributed by atoms with Crippen molar-refractivity contribution in [3.63, 3.8) is 0 Å². The summed E-state index contributed by atoms with van der Waals surface area (Å²) in [7, 11) is 0. The minimum Gasteiger partial charge on any atom is -0.366 e. The molecule has 0 unspecified atom stereocenters. The zero-order chi connectivity index (χ0) is 16.5. The fourth-order valence-electron chi connectivity index (χ4n) is 3.15. The first-order chi connectivity index (χ1) is 11.2. The molecule has 0 aliphatic carbocycles. The van der Waals surface area contributed by atoms with E-state index in [0.717, 1.165) is 25.9 Å². The number of rotatable bonds is 2. The van der Waals surface area contributed by atoms with Gasteiger partial charge in [-0.2, -0.15) is 0 Å². The molecular weight excluding hydrogens is 288 g/mol. The number of hydrogen-bond acceptors (Lipinski definition) is 2. The third-order valence-corrected chi connectivity index (χ3v) is 4.54. The van der Waals surface area contributed by atoms with Gasteiger partial charge >= 0.3 is 0 Å². The van der Waals surface area contributed by atoms with Gasteiger partial charge in [0.1, 0.15) is 0 Å². The van der Waals surface area contributed by atoms with Crippen LogP contribution in [0.5, 0.6) is 0 Å².